The number of carbonyl (C=O) groups is 2. The Morgan fingerprint density at radius 1 is 1.29 bits per heavy atom. The number of hydrogen-bond donors (Lipinski definition) is 2. The van der Waals surface area contributed by atoms with Gasteiger partial charge in [-0.1, -0.05) is 25.4 Å². The van der Waals surface area contributed by atoms with Crippen molar-refractivity contribution in [1.82, 2.24) is 5.32 Å². The first kappa shape index (κ1) is 17.3. The molecule has 116 valence electrons. The highest BCUT2D eigenvalue weighted by atomic mass is 35.5. The number of benzene rings is 1. The standard InChI is InChI=1S/C15H21ClN2O3/c1-4-13(5-2)18-14(19)9(3)21-15(20)10-6-11(16)8-12(17)7-10/h6-9,13H,4-5,17H2,1-3H3,(H,18,19). The van der Waals surface area contributed by atoms with Crippen LogP contribution in [0.3, 0.4) is 0 Å². The number of anilines is 1. The predicted molar refractivity (Wildman–Crippen MR) is 83.3 cm³/mol. The minimum absolute atomic E-state index is 0.0838. The molecular formula is C15H21ClN2O3. The first-order valence-corrected chi connectivity index (χ1v) is 7.32. The van der Waals surface area contributed by atoms with E-state index in [-0.39, 0.29) is 17.5 Å². The topological polar surface area (TPSA) is 81.4 Å². The zero-order chi connectivity index (χ0) is 16.0. The predicted octanol–water partition coefficient (Wildman–Crippen LogP) is 2.77. The third-order valence-electron chi connectivity index (χ3n) is 3.14. The van der Waals surface area contributed by atoms with E-state index >= 15 is 0 Å². The lowest BCUT2D eigenvalue weighted by atomic mass is 10.1. The van der Waals surface area contributed by atoms with Gasteiger partial charge in [0, 0.05) is 16.8 Å². The van der Waals surface area contributed by atoms with Crippen molar-refractivity contribution in [2.45, 2.75) is 45.8 Å². The molecule has 0 heterocycles. The molecule has 0 saturated carbocycles. The average molecular weight is 313 g/mol. The molecule has 6 heteroatoms. The molecule has 0 aromatic heterocycles. The van der Waals surface area contributed by atoms with Crippen LogP contribution in [0.4, 0.5) is 5.69 Å². The van der Waals surface area contributed by atoms with Gasteiger partial charge in [0.25, 0.3) is 5.91 Å². The largest absolute Gasteiger partial charge is 0.449 e. The van der Waals surface area contributed by atoms with Gasteiger partial charge in [0.15, 0.2) is 6.10 Å². The van der Waals surface area contributed by atoms with Gasteiger partial charge in [0.05, 0.1) is 5.56 Å². The summed E-state index contributed by atoms with van der Waals surface area (Å²) in [5.41, 5.74) is 6.21. The number of nitrogen functional groups attached to an aromatic ring is 1. The third-order valence-corrected chi connectivity index (χ3v) is 3.36. The molecule has 0 aliphatic carbocycles. The van der Waals surface area contributed by atoms with Gasteiger partial charge in [-0.3, -0.25) is 4.79 Å². The van der Waals surface area contributed by atoms with E-state index < -0.39 is 12.1 Å². The summed E-state index contributed by atoms with van der Waals surface area (Å²) in [6.45, 7) is 5.50. The van der Waals surface area contributed by atoms with Crippen molar-refractivity contribution in [3.63, 3.8) is 0 Å². The molecule has 0 aliphatic rings. The van der Waals surface area contributed by atoms with Gasteiger partial charge in [-0.05, 0) is 38.0 Å². The molecule has 1 aromatic carbocycles. The monoisotopic (exact) mass is 312 g/mol. The molecule has 0 fully saturated rings. The third kappa shape index (κ3) is 5.27. The number of nitrogens with one attached hydrogen (secondary N) is 1. The van der Waals surface area contributed by atoms with E-state index in [0.717, 1.165) is 12.8 Å². The summed E-state index contributed by atoms with van der Waals surface area (Å²) in [5, 5.41) is 3.17. The molecule has 0 saturated heterocycles. The number of nitrogens with two attached hydrogens (primary N) is 1. The Morgan fingerprint density at radius 2 is 1.90 bits per heavy atom. The Kier molecular flexibility index (Phi) is 6.49. The second-order valence-corrected chi connectivity index (χ2v) is 5.28. The second-order valence-electron chi connectivity index (χ2n) is 4.84. The maximum Gasteiger partial charge on any atom is 0.339 e. The van der Waals surface area contributed by atoms with Gasteiger partial charge in [-0.25, -0.2) is 4.79 Å². The van der Waals surface area contributed by atoms with Gasteiger partial charge in [0.1, 0.15) is 0 Å². The normalized spacial score (nSPS) is 12.0. The Hall–Kier alpha value is -1.75. The molecule has 1 unspecified atom stereocenters. The van der Waals surface area contributed by atoms with Gasteiger partial charge < -0.3 is 15.8 Å². The van der Waals surface area contributed by atoms with Crippen LogP contribution >= 0.6 is 11.6 Å². The molecule has 1 aromatic rings. The molecule has 1 rings (SSSR count). The number of carbonyl (C=O) groups excluding carboxylic acids is 2. The first-order valence-electron chi connectivity index (χ1n) is 6.94. The molecule has 5 nitrogen and oxygen atoms in total. The fourth-order valence-corrected chi connectivity index (χ4v) is 2.07. The zero-order valence-electron chi connectivity index (χ0n) is 12.5. The van der Waals surface area contributed by atoms with Crippen LogP contribution in [0.1, 0.15) is 44.0 Å². The van der Waals surface area contributed by atoms with E-state index in [1.807, 2.05) is 13.8 Å². The van der Waals surface area contributed by atoms with Crippen molar-refractivity contribution in [1.29, 1.82) is 0 Å². The smallest absolute Gasteiger partial charge is 0.339 e. The van der Waals surface area contributed by atoms with Crippen molar-refractivity contribution in [2.75, 3.05) is 5.73 Å². The Labute approximate surface area is 129 Å². The maximum absolute atomic E-state index is 12.0. The van der Waals surface area contributed by atoms with Gasteiger partial charge in [0.2, 0.25) is 0 Å². The molecule has 1 atom stereocenters. The lowest BCUT2D eigenvalue weighted by molar-refractivity contribution is -0.129. The van der Waals surface area contributed by atoms with E-state index in [9.17, 15) is 9.59 Å². The average Bonchev–Trinajstić information content (AvgIpc) is 2.43. The summed E-state index contributed by atoms with van der Waals surface area (Å²) in [5.74, 6) is -0.941. The first-order chi connectivity index (χ1) is 9.87. The molecule has 0 aliphatic heterocycles. The van der Waals surface area contributed by atoms with Crippen molar-refractivity contribution in [3.8, 4) is 0 Å². The highest BCUT2D eigenvalue weighted by Crippen LogP contribution is 2.17. The van der Waals surface area contributed by atoms with Crippen LogP contribution in [-0.4, -0.2) is 24.0 Å². The van der Waals surface area contributed by atoms with Crippen LogP contribution in [0.15, 0.2) is 18.2 Å². The van der Waals surface area contributed by atoms with Crippen LogP contribution in [0.5, 0.6) is 0 Å². The SMILES string of the molecule is CCC(CC)NC(=O)C(C)OC(=O)c1cc(N)cc(Cl)c1. The van der Waals surface area contributed by atoms with Crippen molar-refractivity contribution < 1.29 is 14.3 Å². The fourth-order valence-electron chi connectivity index (χ4n) is 1.82. The molecule has 0 spiro atoms. The fraction of sp³-hybridized carbons (Fsp3) is 0.467. The summed E-state index contributed by atoms with van der Waals surface area (Å²) >= 11 is 5.83. The zero-order valence-corrected chi connectivity index (χ0v) is 13.2. The molecular weight excluding hydrogens is 292 g/mol. The Morgan fingerprint density at radius 3 is 2.43 bits per heavy atom. The van der Waals surface area contributed by atoms with Crippen LogP contribution in [0.2, 0.25) is 5.02 Å². The highest BCUT2D eigenvalue weighted by molar-refractivity contribution is 6.31. The van der Waals surface area contributed by atoms with Gasteiger partial charge >= 0.3 is 5.97 Å². The summed E-state index contributed by atoms with van der Waals surface area (Å²) in [7, 11) is 0. The van der Waals surface area contributed by atoms with Crippen molar-refractivity contribution >= 4 is 29.2 Å². The number of ether oxygens (including phenoxy) is 1. The maximum atomic E-state index is 12.0. The van der Waals surface area contributed by atoms with E-state index in [2.05, 4.69) is 5.32 Å². The minimum Gasteiger partial charge on any atom is -0.449 e. The molecule has 0 radical (unpaired) electrons. The number of hydrogen-bond acceptors (Lipinski definition) is 4. The number of halogens is 1. The van der Waals surface area contributed by atoms with Crippen LogP contribution in [0.25, 0.3) is 0 Å². The second kappa shape index (κ2) is 7.88. The van der Waals surface area contributed by atoms with Gasteiger partial charge in [-0.15, -0.1) is 0 Å². The van der Waals surface area contributed by atoms with Crippen molar-refractivity contribution in [2.24, 2.45) is 0 Å². The van der Waals surface area contributed by atoms with Crippen LogP contribution in [-0.2, 0) is 9.53 Å². The summed E-state index contributed by atoms with van der Waals surface area (Å²) in [4.78, 5) is 23.9. The summed E-state index contributed by atoms with van der Waals surface area (Å²) in [6.07, 6.45) is 0.778. The Bertz CT molecular complexity index is 495. The number of rotatable bonds is 6. The Balaban J connectivity index is 2.67. The van der Waals surface area contributed by atoms with Crippen molar-refractivity contribution in [3.05, 3.63) is 28.8 Å². The molecule has 3 N–H and O–H groups in total. The molecule has 0 bridgehead atoms. The quantitative estimate of drug-likeness (QED) is 0.625. The minimum atomic E-state index is -0.877. The molecule has 21 heavy (non-hydrogen) atoms. The summed E-state index contributed by atoms with van der Waals surface area (Å²) in [6, 6.07) is 4.52. The lowest BCUT2D eigenvalue weighted by Gasteiger charge is -2.18. The van der Waals surface area contributed by atoms with E-state index in [4.69, 9.17) is 22.1 Å². The van der Waals surface area contributed by atoms with Crippen LogP contribution in [0, 0.1) is 0 Å². The number of esters is 1. The number of amides is 1. The highest BCUT2D eigenvalue weighted by Gasteiger charge is 2.21. The van der Waals surface area contributed by atoms with Crippen LogP contribution < -0.4 is 11.1 Å². The summed E-state index contributed by atoms with van der Waals surface area (Å²) < 4.78 is 5.13. The molecule has 1 amide bonds. The van der Waals surface area contributed by atoms with Gasteiger partial charge in [-0.2, -0.15) is 0 Å². The van der Waals surface area contributed by atoms with E-state index in [0.29, 0.717) is 10.7 Å². The van der Waals surface area contributed by atoms with E-state index in [1.54, 1.807) is 0 Å². The lowest BCUT2D eigenvalue weighted by Crippen LogP contribution is -2.41. The van der Waals surface area contributed by atoms with E-state index in [1.165, 1.54) is 25.1 Å².